The van der Waals surface area contributed by atoms with E-state index in [4.69, 9.17) is 9.15 Å². The zero-order valence-corrected chi connectivity index (χ0v) is 16.6. The van der Waals surface area contributed by atoms with Crippen LogP contribution in [0, 0.1) is 5.82 Å². The van der Waals surface area contributed by atoms with E-state index >= 15 is 0 Å². The molecule has 0 aliphatic carbocycles. The first-order chi connectivity index (χ1) is 15.1. The van der Waals surface area contributed by atoms with Crippen LogP contribution in [0.5, 0.6) is 5.75 Å². The topological polar surface area (TPSA) is 68.5 Å². The highest BCUT2D eigenvalue weighted by Gasteiger charge is 2.10. The molecule has 0 aliphatic heterocycles. The fourth-order valence-corrected chi connectivity index (χ4v) is 3.33. The molecule has 3 aromatic carbocycles. The number of fused-ring (bicyclic) bond motifs is 1. The average molecular weight is 417 g/mol. The summed E-state index contributed by atoms with van der Waals surface area (Å²) in [6.07, 6.45) is 0.391. The maximum Gasteiger partial charge on any atom is 0.336 e. The first kappa shape index (κ1) is 20.3. The molecule has 0 aliphatic rings. The first-order valence-corrected chi connectivity index (χ1v) is 9.86. The third kappa shape index (κ3) is 4.98. The molecule has 0 bridgehead atoms. The van der Waals surface area contributed by atoms with Crippen LogP contribution in [-0.2, 0) is 11.2 Å². The minimum atomic E-state index is -0.464. The minimum absolute atomic E-state index is 0.203. The van der Waals surface area contributed by atoms with E-state index in [1.807, 2.05) is 30.3 Å². The standard InChI is InChI=1S/C25H20FNO4/c26-22-9-5-4-8-18(22)12-13-27-24(28)16-30-19-10-11-20-21(17-6-2-1-3-7-17)15-25(29)31-23(20)14-19/h1-11,14-15H,12-13,16H2,(H,27,28). The van der Waals surface area contributed by atoms with Gasteiger partial charge in [0.05, 0.1) is 0 Å². The van der Waals surface area contributed by atoms with Crippen molar-refractivity contribution in [2.24, 2.45) is 0 Å². The van der Waals surface area contributed by atoms with Crippen molar-refractivity contribution >= 4 is 16.9 Å². The van der Waals surface area contributed by atoms with Crippen LogP contribution in [0.15, 0.2) is 88.1 Å². The fourth-order valence-electron chi connectivity index (χ4n) is 3.33. The van der Waals surface area contributed by atoms with Crippen LogP contribution < -0.4 is 15.7 Å². The maximum absolute atomic E-state index is 13.6. The predicted molar refractivity (Wildman–Crippen MR) is 117 cm³/mol. The third-order valence-electron chi connectivity index (χ3n) is 4.85. The number of ether oxygens (including phenoxy) is 1. The summed E-state index contributed by atoms with van der Waals surface area (Å²) in [5, 5.41) is 3.47. The highest BCUT2D eigenvalue weighted by molar-refractivity contribution is 5.93. The lowest BCUT2D eigenvalue weighted by Gasteiger charge is -2.10. The first-order valence-electron chi connectivity index (χ1n) is 9.86. The molecule has 0 atom stereocenters. The van der Waals surface area contributed by atoms with E-state index in [1.165, 1.54) is 12.1 Å². The Labute approximate surface area is 178 Å². The second kappa shape index (κ2) is 9.26. The Hall–Kier alpha value is -3.93. The summed E-state index contributed by atoms with van der Waals surface area (Å²) < 4.78 is 24.5. The van der Waals surface area contributed by atoms with Gasteiger partial charge in [-0.15, -0.1) is 0 Å². The molecule has 1 N–H and O–H groups in total. The van der Waals surface area contributed by atoms with Crippen LogP contribution in [0.4, 0.5) is 4.39 Å². The Balaban J connectivity index is 1.40. The monoisotopic (exact) mass is 417 g/mol. The summed E-state index contributed by atoms with van der Waals surface area (Å²) in [5.74, 6) is -0.207. The van der Waals surface area contributed by atoms with Crippen LogP contribution in [0.3, 0.4) is 0 Å². The largest absolute Gasteiger partial charge is 0.484 e. The Kier molecular flexibility index (Phi) is 6.08. The molecule has 1 heterocycles. The molecule has 31 heavy (non-hydrogen) atoms. The molecule has 5 nitrogen and oxygen atoms in total. The summed E-state index contributed by atoms with van der Waals surface area (Å²) in [4.78, 5) is 24.1. The summed E-state index contributed by atoms with van der Waals surface area (Å²) in [6, 6.07) is 22.6. The Morgan fingerprint density at radius 3 is 2.55 bits per heavy atom. The van der Waals surface area contributed by atoms with E-state index in [0.717, 1.165) is 16.5 Å². The molecule has 4 rings (SSSR count). The number of amides is 1. The van der Waals surface area contributed by atoms with E-state index in [0.29, 0.717) is 29.9 Å². The van der Waals surface area contributed by atoms with Gasteiger partial charge in [-0.2, -0.15) is 0 Å². The van der Waals surface area contributed by atoms with E-state index in [9.17, 15) is 14.0 Å². The molecule has 156 valence electrons. The van der Waals surface area contributed by atoms with Crippen LogP contribution >= 0.6 is 0 Å². The number of rotatable bonds is 7. The molecule has 4 aromatic rings. The van der Waals surface area contributed by atoms with E-state index in [1.54, 1.807) is 36.4 Å². The van der Waals surface area contributed by atoms with E-state index in [2.05, 4.69) is 5.32 Å². The molecule has 1 amide bonds. The van der Waals surface area contributed by atoms with Gasteiger partial charge in [0.15, 0.2) is 6.61 Å². The number of carbonyl (C=O) groups excluding carboxylic acids is 1. The van der Waals surface area contributed by atoms with Gasteiger partial charge in [0.25, 0.3) is 5.91 Å². The van der Waals surface area contributed by atoms with Gasteiger partial charge in [0.2, 0.25) is 0 Å². The van der Waals surface area contributed by atoms with Gasteiger partial charge in [0.1, 0.15) is 17.1 Å². The van der Waals surface area contributed by atoms with Crippen molar-refractivity contribution in [3.63, 3.8) is 0 Å². The molecular formula is C25H20FNO4. The lowest BCUT2D eigenvalue weighted by molar-refractivity contribution is -0.123. The van der Waals surface area contributed by atoms with Crippen molar-refractivity contribution in [2.45, 2.75) is 6.42 Å². The van der Waals surface area contributed by atoms with Crippen molar-refractivity contribution in [3.8, 4) is 16.9 Å². The molecule has 0 saturated carbocycles. The van der Waals surface area contributed by atoms with Gasteiger partial charge in [-0.3, -0.25) is 4.79 Å². The van der Waals surface area contributed by atoms with Crippen molar-refractivity contribution in [1.29, 1.82) is 0 Å². The molecule has 0 unspecified atom stereocenters. The predicted octanol–water partition coefficient (Wildman–Crippen LogP) is 4.34. The molecule has 6 heteroatoms. The van der Waals surface area contributed by atoms with E-state index in [-0.39, 0.29) is 18.3 Å². The van der Waals surface area contributed by atoms with Crippen LogP contribution in [0.25, 0.3) is 22.1 Å². The average Bonchev–Trinajstić information content (AvgIpc) is 2.79. The molecule has 1 aromatic heterocycles. The normalized spacial score (nSPS) is 10.7. The van der Waals surface area contributed by atoms with Crippen LogP contribution in [-0.4, -0.2) is 19.1 Å². The van der Waals surface area contributed by atoms with E-state index < -0.39 is 5.63 Å². The molecule has 0 saturated heterocycles. The summed E-state index contributed by atoms with van der Waals surface area (Å²) in [6.45, 7) is 0.0988. The summed E-state index contributed by atoms with van der Waals surface area (Å²) in [7, 11) is 0. The van der Waals surface area contributed by atoms with Crippen LogP contribution in [0.2, 0.25) is 0 Å². The Bertz CT molecular complexity index is 1270. The Morgan fingerprint density at radius 1 is 0.968 bits per heavy atom. The second-order valence-corrected chi connectivity index (χ2v) is 6.98. The highest BCUT2D eigenvalue weighted by Crippen LogP contribution is 2.29. The summed E-state index contributed by atoms with van der Waals surface area (Å²) >= 11 is 0. The van der Waals surface area contributed by atoms with Crippen molar-refractivity contribution in [2.75, 3.05) is 13.2 Å². The van der Waals surface area contributed by atoms with Crippen LogP contribution in [0.1, 0.15) is 5.56 Å². The minimum Gasteiger partial charge on any atom is -0.484 e. The zero-order chi connectivity index (χ0) is 21.6. The van der Waals surface area contributed by atoms with Gasteiger partial charge in [0, 0.05) is 24.1 Å². The fraction of sp³-hybridized carbons (Fsp3) is 0.120. The van der Waals surface area contributed by atoms with Crippen molar-refractivity contribution in [1.82, 2.24) is 5.32 Å². The number of nitrogens with one attached hydrogen (secondary N) is 1. The lowest BCUT2D eigenvalue weighted by atomic mass is 10.0. The molecular weight excluding hydrogens is 397 g/mol. The molecule has 0 fully saturated rings. The third-order valence-corrected chi connectivity index (χ3v) is 4.85. The zero-order valence-electron chi connectivity index (χ0n) is 16.6. The lowest BCUT2D eigenvalue weighted by Crippen LogP contribution is -2.30. The SMILES string of the molecule is O=C(COc1ccc2c(-c3ccccc3)cc(=O)oc2c1)NCCc1ccccc1F. The number of benzene rings is 3. The smallest absolute Gasteiger partial charge is 0.336 e. The van der Waals surface area contributed by atoms with Gasteiger partial charge in [-0.1, -0.05) is 48.5 Å². The quantitative estimate of drug-likeness (QED) is 0.454. The number of halogens is 1. The molecule has 0 radical (unpaired) electrons. The Morgan fingerprint density at radius 2 is 1.74 bits per heavy atom. The highest BCUT2D eigenvalue weighted by atomic mass is 19.1. The van der Waals surface area contributed by atoms with Gasteiger partial charge in [-0.25, -0.2) is 9.18 Å². The van der Waals surface area contributed by atoms with Gasteiger partial charge < -0.3 is 14.5 Å². The number of hydrogen-bond donors (Lipinski definition) is 1. The number of carbonyl (C=O) groups is 1. The van der Waals surface area contributed by atoms with Gasteiger partial charge in [-0.05, 0) is 41.3 Å². The summed E-state index contributed by atoms with van der Waals surface area (Å²) in [5.41, 5.74) is 2.13. The number of hydrogen-bond acceptors (Lipinski definition) is 4. The second-order valence-electron chi connectivity index (χ2n) is 6.98. The van der Waals surface area contributed by atoms with Crippen molar-refractivity contribution in [3.05, 3.63) is 101 Å². The molecule has 0 spiro atoms. The van der Waals surface area contributed by atoms with Crippen molar-refractivity contribution < 1.29 is 18.3 Å². The van der Waals surface area contributed by atoms with Gasteiger partial charge >= 0.3 is 5.63 Å². The maximum atomic E-state index is 13.6.